The number of benzene rings is 1. The van der Waals surface area contributed by atoms with E-state index in [1.807, 2.05) is 6.92 Å². The lowest BCUT2D eigenvalue weighted by molar-refractivity contribution is -0.138. The molecule has 1 amide bonds. The van der Waals surface area contributed by atoms with Gasteiger partial charge in [-0.1, -0.05) is 18.2 Å². The molecule has 0 aliphatic carbocycles. The average Bonchev–Trinajstić information content (AvgIpc) is 3.53. The molecular weight excluding hydrogens is 392 g/mol. The minimum atomic E-state index is -0.168. The monoisotopic (exact) mass is 420 g/mol. The highest BCUT2D eigenvalue weighted by atomic mass is 32.1. The van der Waals surface area contributed by atoms with Gasteiger partial charge in [0.05, 0.1) is 22.7 Å². The molecule has 5 nitrogen and oxygen atoms in total. The Morgan fingerprint density at radius 2 is 2.10 bits per heavy atom. The molecule has 3 aliphatic rings. The number of carbonyl (C=O) groups is 1. The van der Waals surface area contributed by atoms with Gasteiger partial charge in [-0.05, 0) is 44.2 Å². The summed E-state index contributed by atoms with van der Waals surface area (Å²) in [6, 6.07) is 9.59. The van der Waals surface area contributed by atoms with E-state index in [1.54, 1.807) is 11.3 Å². The Morgan fingerprint density at radius 1 is 1.23 bits per heavy atom. The van der Waals surface area contributed by atoms with Crippen LogP contribution in [0.3, 0.4) is 0 Å². The summed E-state index contributed by atoms with van der Waals surface area (Å²) in [6.07, 6.45) is 6.71. The summed E-state index contributed by atoms with van der Waals surface area (Å²) >= 11 is 1.67. The summed E-state index contributed by atoms with van der Waals surface area (Å²) in [6.45, 7) is 4.53. The van der Waals surface area contributed by atoms with Crippen LogP contribution in [0.2, 0.25) is 0 Å². The zero-order valence-corrected chi connectivity index (χ0v) is 18.5. The molecule has 2 bridgehead atoms. The number of rotatable bonds is 4. The van der Waals surface area contributed by atoms with Crippen LogP contribution in [0, 0.1) is 12.3 Å². The summed E-state index contributed by atoms with van der Waals surface area (Å²) in [5, 5.41) is 4.52. The summed E-state index contributed by atoms with van der Waals surface area (Å²) in [4.78, 5) is 22.9. The highest BCUT2D eigenvalue weighted by molar-refractivity contribution is 7.09. The maximum absolute atomic E-state index is 13.6. The van der Waals surface area contributed by atoms with E-state index in [4.69, 9.17) is 0 Å². The van der Waals surface area contributed by atoms with E-state index in [1.165, 1.54) is 22.9 Å². The SMILES string of the molecule is Cc1nc(CN2CCC3(CC4CCC3N4Cc3cn(C)c4ccccc34)C2=O)cs1. The fraction of sp³-hybridized carbons (Fsp3) is 0.500. The van der Waals surface area contributed by atoms with Crippen molar-refractivity contribution in [2.75, 3.05) is 6.54 Å². The first-order chi connectivity index (χ1) is 14.5. The Kier molecular flexibility index (Phi) is 4.12. The van der Waals surface area contributed by atoms with Crippen molar-refractivity contribution < 1.29 is 4.79 Å². The molecule has 3 aliphatic heterocycles. The number of para-hydroxylation sites is 1. The lowest BCUT2D eigenvalue weighted by atomic mass is 9.72. The van der Waals surface area contributed by atoms with Gasteiger partial charge in [0, 0.05) is 54.7 Å². The molecule has 3 atom stereocenters. The predicted octanol–water partition coefficient (Wildman–Crippen LogP) is 4.10. The Bertz CT molecular complexity index is 1130. The lowest BCUT2D eigenvalue weighted by Crippen LogP contribution is -2.43. The number of hydrogen-bond acceptors (Lipinski definition) is 4. The van der Waals surface area contributed by atoms with Crippen LogP contribution < -0.4 is 0 Å². The van der Waals surface area contributed by atoms with E-state index in [2.05, 4.69) is 62.2 Å². The van der Waals surface area contributed by atoms with Crippen molar-refractivity contribution in [3.8, 4) is 0 Å². The molecule has 6 heteroatoms. The number of amides is 1. The molecule has 0 saturated carbocycles. The zero-order valence-electron chi connectivity index (χ0n) is 17.7. The maximum atomic E-state index is 13.6. The van der Waals surface area contributed by atoms with Crippen LogP contribution in [-0.2, 0) is 24.9 Å². The standard InChI is InChI=1S/C24H28N4OS/c1-16-25-18(15-30-16)14-27-10-9-24(23(27)29)11-19-7-8-22(24)28(19)13-17-12-26(2)21-6-4-3-5-20(17)21/h3-6,12,15,19,22H,7-11,13-14H2,1-2H3. The topological polar surface area (TPSA) is 41.4 Å². The third-order valence-electron chi connectivity index (χ3n) is 7.77. The molecule has 3 unspecified atom stereocenters. The van der Waals surface area contributed by atoms with Gasteiger partial charge in [-0.15, -0.1) is 11.3 Å². The number of nitrogens with zero attached hydrogens (tertiary/aromatic N) is 4. The Balaban J connectivity index is 1.25. The number of hydrogen-bond donors (Lipinski definition) is 0. The first kappa shape index (κ1) is 18.6. The number of aryl methyl sites for hydroxylation is 2. The minimum absolute atomic E-state index is 0.168. The van der Waals surface area contributed by atoms with E-state index < -0.39 is 0 Å². The van der Waals surface area contributed by atoms with E-state index in [-0.39, 0.29) is 5.41 Å². The van der Waals surface area contributed by atoms with Crippen molar-refractivity contribution in [3.05, 3.63) is 52.1 Å². The molecule has 6 rings (SSSR count). The summed E-state index contributed by atoms with van der Waals surface area (Å²) in [7, 11) is 2.13. The second-order valence-corrected chi connectivity index (χ2v) is 10.5. The van der Waals surface area contributed by atoms with E-state index >= 15 is 0 Å². The minimum Gasteiger partial charge on any atom is -0.350 e. The quantitative estimate of drug-likeness (QED) is 0.638. The third kappa shape index (κ3) is 2.63. The Morgan fingerprint density at radius 3 is 2.93 bits per heavy atom. The molecule has 30 heavy (non-hydrogen) atoms. The fourth-order valence-corrected chi connectivity index (χ4v) is 7.08. The highest BCUT2D eigenvalue weighted by Gasteiger charge is 2.62. The normalized spacial score (nSPS) is 28.6. The summed E-state index contributed by atoms with van der Waals surface area (Å²) < 4.78 is 2.23. The van der Waals surface area contributed by atoms with Crippen LogP contribution in [0.5, 0.6) is 0 Å². The molecule has 3 saturated heterocycles. The Hall–Kier alpha value is -2.18. The number of fused-ring (bicyclic) bond motifs is 4. The van der Waals surface area contributed by atoms with Crippen molar-refractivity contribution in [1.29, 1.82) is 0 Å². The highest BCUT2D eigenvalue weighted by Crippen LogP contribution is 2.55. The molecule has 0 radical (unpaired) electrons. The van der Waals surface area contributed by atoms with Crippen LogP contribution in [0.25, 0.3) is 10.9 Å². The number of aromatic nitrogens is 2. The Labute approximate surface area is 181 Å². The molecule has 5 heterocycles. The van der Waals surface area contributed by atoms with Gasteiger partial charge < -0.3 is 9.47 Å². The number of carbonyl (C=O) groups excluding carboxylic acids is 1. The largest absolute Gasteiger partial charge is 0.350 e. The molecule has 3 aromatic rings. The van der Waals surface area contributed by atoms with Gasteiger partial charge in [-0.3, -0.25) is 9.69 Å². The first-order valence-corrected chi connectivity index (χ1v) is 11.9. The average molecular weight is 421 g/mol. The molecule has 1 spiro atoms. The number of likely N-dealkylation sites (tertiary alicyclic amines) is 1. The second kappa shape index (κ2) is 6.66. The van der Waals surface area contributed by atoms with Crippen molar-refractivity contribution >= 4 is 28.1 Å². The van der Waals surface area contributed by atoms with Crippen LogP contribution in [0.15, 0.2) is 35.8 Å². The molecule has 0 N–H and O–H groups in total. The van der Waals surface area contributed by atoms with Crippen LogP contribution in [0.4, 0.5) is 0 Å². The van der Waals surface area contributed by atoms with Gasteiger partial charge >= 0.3 is 0 Å². The van der Waals surface area contributed by atoms with Crippen LogP contribution in [0.1, 0.15) is 41.9 Å². The van der Waals surface area contributed by atoms with Gasteiger partial charge in [-0.25, -0.2) is 4.98 Å². The van der Waals surface area contributed by atoms with E-state index in [0.29, 0.717) is 24.5 Å². The molecular formula is C24H28N4OS. The van der Waals surface area contributed by atoms with Crippen molar-refractivity contribution in [2.45, 2.75) is 57.8 Å². The maximum Gasteiger partial charge on any atom is 0.230 e. The van der Waals surface area contributed by atoms with E-state index in [9.17, 15) is 4.79 Å². The second-order valence-electron chi connectivity index (χ2n) is 9.40. The van der Waals surface area contributed by atoms with Crippen LogP contribution in [-0.4, -0.2) is 43.9 Å². The fourth-order valence-electron chi connectivity index (χ4n) is 6.48. The van der Waals surface area contributed by atoms with Crippen molar-refractivity contribution in [3.63, 3.8) is 0 Å². The first-order valence-electron chi connectivity index (χ1n) is 11.0. The van der Waals surface area contributed by atoms with Crippen molar-refractivity contribution in [1.82, 2.24) is 19.4 Å². The number of thiazole rings is 1. The van der Waals surface area contributed by atoms with Gasteiger partial charge in [-0.2, -0.15) is 0 Å². The summed E-state index contributed by atoms with van der Waals surface area (Å²) in [5.74, 6) is 0.378. The van der Waals surface area contributed by atoms with Gasteiger partial charge in [0.1, 0.15) is 0 Å². The van der Waals surface area contributed by atoms with Gasteiger partial charge in [0.15, 0.2) is 0 Å². The molecule has 3 fully saturated rings. The smallest absolute Gasteiger partial charge is 0.230 e. The van der Waals surface area contributed by atoms with E-state index in [0.717, 1.165) is 43.1 Å². The predicted molar refractivity (Wildman–Crippen MR) is 119 cm³/mol. The third-order valence-corrected chi connectivity index (χ3v) is 8.60. The van der Waals surface area contributed by atoms with Gasteiger partial charge in [0.2, 0.25) is 5.91 Å². The molecule has 2 aromatic heterocycles. The zero-order chi connectivity index (χ0) is 20.5. The van der Waals surface area contributed by atoms with Crippen molar-refractivity contribution in [2.24, 2.45) is 12.5 Å². The lowest BCUT2D eigenvalue weighted by Gasteiger charge is -2.32. The molecule has 1 aromatic carbocycles. The van der Waals surface area contributed by atoms with Gasteiger partial charge in [0.25, 0.3) is 0 Å². The van der Waals surface area contributed by atoms with Crippen LogP contribution >= 0.6 is 11.3 Å². The summed E-state index contributed by atoms with van der Waals surface area (Å²) in [5.41, 5.74) is 3.55. The molecule has 156 valence electrons.